The predicted octanol–water partition coefficient (Wildman–Crippen LogP) is 21.5. The van der Waals surface area contributed by atoms with E-state index < -0.39 is 49.5 Å². The van der Waals surface area contributed by atoms with Crippen LogP contribution in [0.5, 0.6) is 0 Å². The fourth-order valence-corrected chi connectivity index (χ4v) is 12.1. The average molecular weight is 1240 g/mol. The highest BCUT2D eigenvalue weighted by Gasteiger charge is 2.44. The van der Waals surface area contributed by atoms with Crippen LogP contribution < -0.4 is 5.32 Å². The number of aliphatic hydroxyl groups excluding tert-OH is 5. The number of ether oxygens (including phenoxy) is 2. The largest absolute Gasteiger partial charge is 0.394 e. The minimum atomic E-state index is -1.57. The molecule has 7 atom stereocenters. The van der Waals surface area contributed by atoms with Crippen molar-refractivity contribution in [2.45, 2.75) is 410 Å². The summed E-state index contributed by atoms with van der Waals surface area (Å²) in [5.41, 5.74) is 0. The Morgan fingerprint density at radius 1 is 0.398 bits per heavy atom. The Balaban J connectivity index is 2.09. The van der Waals surface area contributed by atoms with Gasteiger partial charge < -0.3 is 40.3 Å². The topological polar surface area (TPSA) is 149 Å². The second kappa shape index (κ2) is 67.5. The van der Waals surface area contributed by atoms with Crippen LogP contribution in [0.4, 0.5) is 0 Å². The van der Waals surface area contributed by atoms with Crippen molar-refractivity contribution in [1.29, 1.82) is 0 Å². The molecule has 0 bridgehead atoms. The lowest BCUT2D eigenvalue weighted by Gasteiger charge is -2.40. The summed E-state index contributed by atoms with van der Waals surface area (Å²) < 4.78 is 11.3. The maximum atomic E-state index is 13.2. The van der Waals surface area contributed by atoms with Crippen LogP contribution in [0.2, 0.25) is 0 Å². The van der Waals surface area contributed by atoms with Crippen molar-refractivity contribution in [1.82, 2.24) is 5.32 Å². The van der Waals surface area contributed by atoms with Crippen LogP contribution >= 0.6 is 0 Å². The smallest absolute Gasteiger partial charge is 0.220 e. The molecule has 0 aromatic carbocycles. The lowest BCUT2D eigenvalue weighted by atomic mass is 9.99. The van der Waals surface area contributed by atoms with Crippen LogP contribution in [-0.2, 0) is 14.3 Å². The average Bonchev–Trinajstić information content (AvgIpc) is 3.65. The van der Waals surface area contributed by atoms with Crippen molar-refractivity contribution >= 4 is 5.91 Å². The maximum Gasteiger partial charge on any atom is 0.220 e. The van der Waals surface area contributed by atoms with Crippen molar-refractivity contribution in [3.63, 3.8) is 0 Å². The molecule has 0 aromatic rings. The molecule has 1 amide bonds. The molecule has 1 aliphatic rings. The number of nitrogens with one attached hydrogen (secondary N) is 1. The first kappa shape index (κ1) is 83.6. The van der Waals surface area contributed by atoms with E-state index in [1.165, 1.54) is 276 Å². The van der Waals surface area contributed by atoms with E-state index in [1.807, 2.05) is 6.08 Å². The molecule has 1 saturated heterocycles. The van der Waals surface area contributed by atoms with Gasteiger partial charge in [0.15, 0.2) is 6.29 Å². The van der Waals surface area contributed by atoms with Crippen molar-refractivity contribution < 1.29 is 39.8 Å². The molecule has 0 aromatic heterocycles. The van der Waals surface area contributed by atoms with Crippen LogP contribution in [0, 0.1) is 0 Å². The van der Waals surface area contributed by atoms with E-state index in [1.54, 1.807) is 6.08 Å². The van der Waals surface area contributed by atoms with Gasteiger partial charge in [0, 0.05) is 6.42 Å². The molecular weight excluding hydrogens is 1090 g/mol. The number of carbonyl (C=O) groups is 1. The Morgan fingerprint density at radius 3 is 1.05 bits per heavy atom. The summed E-state index contributed by atoms with van der Waals surface area (Å²) >= 11 is 0. The molecule has 1 fully saturated rings. The van der Waals surface area contributed by atoms with E-state index >= 15 is 0 Å². The van der Waals surface area contributed by atoms with Crippen LogP contribution in [0.15, 0.2) is 72.9 Å². The standard InChI is InChI=1S/C79H145NO8/c1-3-5-7-9-11-13-15-17-19-21-23-25-27-29-31-33-35-37-39-41-43-45-47-49-51-53-55-57-59-61-63-65-67-69-75(83)80-72(71-87-79-78(86)77(85)76(84)74(70-81)88-79)73(82)68-66-64-62-60-58-56-54-52-50-48-46-44-42-40-38-36-34-32-30-28-26-24-22-20-18-16-14-12-10-8-6-4-2/h5,7,11,13,17,19,23,25,29,31,66,68,72-74,76-79,81-82,84-86H,3-4,6,8-10,12,14-16,18,20-22,24,26-28,30,32-65,67,69-71H2,1-2H3,(H,80,83)/b7-5-,13-11-,19-17-,25-23-,31-29-,68-66+. The summed E-state index contributed by atoms with van der Waals surface area (Å²) in [6.45, 7) is 3.72. The second-order valence-corrected chi connectivity index (χ2v) is 26.4. The molecule has 0 saturated carbocycles. The van der Waals surface area contributed by atoms with Gasteiger partial charge in [-0.1, -0.05) is 369 Å². The number of amides is 1. The van der Waals surface area contributed by atoms with Crippen LogP contribution in [0.1, 0.15) is 367 Å². The lowest BCUT2D eigenvalue weighted by molar-refractivity contribution is -0.302. The molecule has 7 unspecified atom stereocenters. The van der Waals surface area contributed by atoms with Crippen molar-refractivity contribution in [2.24, 2.45) is 0 Å². The first-order valence-corrected chi connectivity index (χ1v) is 38.2. The van der Waals surface area contributed by atoms with Crippen molar-refractivity contribution in [3.05, 3.63) is 72.9 Å². The number of allylic oxidation sites excluding steroid dienone is 11. The third-order valence-corrected chi connectivity index (χ3v) is 18.0. The highest BCUT2D eigenvalue weighted by atomic mass is 16.7. The SMILES string of the molecule is CC/C=C\C/C=C\C/C=C\C/C=C\C/C=C\CCCCCCCCCCCCCCCCCCCC(=O)NC(COC1OC(CO)C(O)C(O)C1O)C(O)/C=C/CCCCCCCCCCCCCCCCCCCCCCCCCCCCCCCC. The molecule has 1 aliphatic heterocycles. The molecule has 1 heterocycles. The van der Waals surface area contributed by atoms with E-state index in [9.17, 15) is 30.3 Å². The Kier molecular flexibility index (Phi) is 64.2. The lowest BCUT2D eigenvalue weighted by Crippen LogP contribution is -2.60. The van der Waals surface area contributed by atoms with Crippen molar-refractivity contribution in [2.75, 3.05) is 13.2 Å². The van der Waals surface area contributed by atoms with Gasteiger partial charge in [-0.25, -0.2) is 0 Å². The number of aliphatic hydroxyl groups is 5. The monoisotopic (exact) mass is 1240 g/mol. The number of unbranched alkanes of at least 4 members (excludes halogenated alkanes) is 47. The van der Waals surface area contributed by atoms with Gasteiger partial charge in [0.05, 0.1) is 25.4 Å². The van der Waals surface area contributed by atoms with Gasteiger partial charge in [0.25, 0.3) is 0 Å². The fourth-order valence-electron chi connectivity index (χ4n) is 12.1. The van der Waals surface area contributed by atoms with E-state index in [2.05, 4.69) is 79.9 Å². The number of rotatable bonds is 67. The van der Waals surface area contributed by atoms with Crippen molar-refractivity contribution in [3.8, 4) is 0 Å². The van der Waals surface area contributed by atoms with Crippen LogP contribution in [0.25, 0.3) is 0 Å². The van der Waals surface area contributed by atoms with Crippen LogP contribution in [0.3, 0.4) is 0 Å². The number of hydrogen-bond acceptors (Lipinski definition) is 8. The molecule has 88 heavy (non-hydrogen) atoms. The molecule has 1 rings (SSSR count). The Bertz CT molecular complexity index is 1620. The summed E-state index contributed by atoms with van der Waals surface area (Å²) in [6, 6.07) is -0.809. The minimum absolute atomic E-state index is 0.172. The highest BCUT2D eigenvalue weighted by molar-refractivity contribution is 5.76. The Morgan fingerprint density at radius 2 is 0.705 bits per heavy atom. The Labute approximate surface area is 544 Å². The van der Waals surface area contributed by atoms with Gasteiger partial charge in [-0.2, -0.15) is 0 Å². The van der Waals surface area contributed by atoms with Gasteiger partial charge in [-0.3, -0.25) is 4.79 Å². The van der Waals surface area contributed by atoms with Gasteiger partial charge in [0.2, 0.25) is 5.91 Å². The molecule has 0 radical (unpaired) electrons. The third kappa shape index (κ3) is 55.3. The van der Waals surface area contributed by atoms with E-state index in [4.69, 9.17) is 9.47 Å². The van der Waals surface area contributed by atoms with Crippen LogP contribution in [-0.4, -0.2) is 87.5 Å². The number of hydrogen-bond donors (Lipinski definition) is 6. The first-order chi connectivity index (χ1) is 43.3. The molecule has 6 N–H and O–H groups in total. The first-order valence-electron chi connectivity index (χ1n) is 38.2. The van der Waals surface area contributed by atoms with Gasteiger partial charge in [-0.05, 0) is 64.2 Å². The zero-order valence-electron chi connectivity index (χ0n) is 57.7. The van der Waals surface area contributed by atoms with E-state index in [0.29, 0.717) is 6.42 Å². The quantitative estimate of drug-likeness (QED) is 0.0261. The minimum Gasteiger partial charge on any atom is -0.394 e. The van der Waals surface area contributed by atoms with Gasteiger partial charge in [0.1, 0.15) is 24.4 Å². The van der Waals surface area contributed by atoms with Gasteiger partial charge in [-0.15, -0.1) is 0 Å². The normalized spacial score (nSPS) is 18.3. The fraction of sp³-hybridized carbons (Fsp3) is 0.835. The van der Waals surface area contributed by atoms with E-state index in [0.717, 1.165) is 70.6 Å². The summed E-state index contributed by atoms with van der Waals surface area (Å²) in [5.74, 6) is -0.172. The Hall–Kier alpha value is -2.37. The molecule has 0 spiro atoms. The summed E-state index contributed by atoms with van der Waals surface area (Å²) in [5, 5.41) is 54.9. The second-order valence-electron chi connectivity index (χ2n) is 26.4. The summed E-state index contributed by atoms with van der Waals surface area (Å²) in [7, 11) is 0. The molecule has 0 aliphatic carbocycles. The highest BCUT2D eigenvalue weighted by Crippen LogP contribution is 2.24. The molecular formula is C79H145NO8. The molecule has 9 heteroatoms. The van der Waals surface area contributed by atoms with Gasteiger partial charge >= 0.3 is 0 Å². The van der Waals surface area contributed by atoms with E-state index in [-0.39, 0.29) is 12.5 Å². The zero-order valence-corrected chi connectivity index (χ0v) is 57.7. The molecule has 9 nitrogen and oxygen atoms in total. The number of carbonyl (C=O) groups excluding carboxylic acids is 1. The summed E-state index contributed by atoms with van der Waals surface area (Å²) in [6.07, 6.45) is 88.9. The third-order valence-electron chi connectivity index (χ3n) is 18.0. The predicted molar refractivity (Wildman–Crippen MR) is 378 cm³/mol. The zero-order chi connectivity index (χ0) is 63.5. The maximum absolute atomic E-state index is 13.2. The summed E-state index contributed by atoms with van der Waals surface area (Å²) in [4.78, 5) is 13.2. The molecule has 514 valence electrons.